The first-order valence-corrected chi connectivity index (χ1v) is 8.64. The second-order valence-electron chi connectivity index (χ2n) is 7.32. The summed E-state index contributed by atoms with van der Waals surface area (Å²) < 4.78 is 18.3. The molecule has 0 radical (unpaired) electrons. The SMILES string of the molecule is COc1ccc2c(c1)[C@H]1Oc3ccc4ccccc4c3[C@H]1C(C)(C)O2. The maximum Gasteiger partial charge on any atom is 0.138 e. The van der Waals surface area contributed by atoms with Crippen molar-refractivity contribution in [1.29, 1.82) is 0 Å². The molecule has 0 saturated heterocycles. The average Bonchev–Trinajstić information content (AvgIpc) is 3.03. The Balaban J connectivity index is 1.76. The van der Waals surface area contributed by atoms with Gasteiger partial charge in [0.15, 0.2) is 0 Å². The second kappa shape index (κ2) is 4.92. The smallest absolute Gasteiger partial charge is 0.138 e. The van der Waals surface area contributed by atoms with E-state index in [0.29, 0.717) is 0 Å². The van der Waals surface area contributed by atoms with Gasteiger partial charge in [0.1, 0.15) is 29.0 Å². The molecule has 0 amide bonds. The molecule has 0 bridgehead atoms. The van der Waals surface area contributed by atoms with Gasteiger partial charge in [0.05, 0.1) is 13.0 Å². The number of hydrogen-bond acceptors (Lipinski definition) is 3. The Morgan fingerprint density at radius 3 is 2.60 bits per heavy atom. The quantitative estimate of drug-likeness (QED) is 0.610. The predicted octanol–water partition coefficient (Wildman–Crippen LogP) is 5.24. The van der Waals surface area contributed by atoms with Crippen LogP contribution in [0.3, 0.4) is 0 Å². The van der Waals surface area contributed by atoms with Gasteiger partial charge in [0.25, 0.3) is 0 Å². The lowest BCUT2D eigenvalue weighted by atomic mass is 9.76. The van der Waals surface area contributed by atoms with Gasteiger partial charge < -0.3 is 14.2 Å². The van der Waals surface area contributed by atoms with Crippen LogP contribution in [0.5, 0.6) is 17.2 Å². The van der Waals surface area contributed by atoms with E-state index in [0.717, 1.165) is 22.8 Å². The fourth-order valence-corrected chi connectivity index (χ4v) is 4.33. The van der Waals surface area contributed by atoms with Crippen LogP contribution in [0, 0.1) is 0 Å². The number of rotatable bonds is 1. The van der Waals surface area contributed by atoms with Crippen molar-refractivity contribution in [2.45, 2.75) is 31.5 Å². The summed E-state index contributed by atoms with van der Waals surface area (Å²) >= 11 is 0. The Kier molecular flexibility index (Phi) is 2.88. The van der Waals surface area contributed by atoms with Gasteiger partial charge in [-0.25, -0.2) is 0 Å². The molecule has 3 heteroatoms. The molecule has 25 heavy (non-hydrogen) atoms. The van der Waals surface area contributed by atoms with E-state index in [-0.39, 0.29) is 17.6 Å². The molecule has 0 fully saturated rings. The van der Waals surface area contributed by atoms with E-state index in [9.17, 15) is 0 Å². The van der Waals surface area contributed by atoms with Crippen molar-refractivity contribution in [3.8, 4) is 17.2 Å². The van der Waals surface area contributed by atoms with E-state index < -0.39 is 0 Å². The van der Waals surface area contributed by atoms with Crippen molar-refractivity contribution >= 4 is 10.8 Å². The minimum Gasteiger partial charge on any atom is -0.497 e. The summed E-state index contributed by atoms with van der Waals surface area (Å²) in [4.78, 5) is 0. The summed E-state index contributed by atoms with van der Waals surface area (Å²) in [5.41, 5.74) is 1.95. The van der Waals surface area contributed by atoms with Crippen LogP contribution in [0.1, 0.15) is 37.0 Å². The zero-order valence-electron chi connectivity index (χ0n) is 14.6. The Hall–Kier alpha value is -2.68. The fourth-order valence-electron chi connectivity index (χ4n) is 4.33. The lowest BCUT2D eigenvalue weighted by Gasteiger charge is -2.41. The van der Waals surface area contributed by atoms with Gasteiger partial charge >= 0.3 is 0 Å². The summed E-state index contributed by atoms with van der Waals surface area (Å²) in [6.07, 6.45) is -0.0605. The maximum atomic E-state index is 6.44. The van der Waals surface area contributed by atoms with Gasteiger partial charge in [-0.05, 0) is 48.9 Å². The zero-order chi connectivity index (χ0) is 17.2. The Morgan fingerprint density at radius 1 is 0.960 bits per heavy atom. The van der Waals surface area contributed by atoms with Crippen molar-refractivity contribution in [2.24, 2.45) is 0 Å². The maximum absolute atomic E-state index is 6.44. The Bertz CT molecular complexity index is 990. The van der Waals surface area contributed by atoms with Crippen molar-refractivity contribution in [3.05, 3.63) is 65.7 Å². The van der Waals surface area contributed by atoms with E-state index in [4.69, 9.17) is 14.2 Å². The minimum atomic E-state index is -0.359. The monoisotopic (exact) mass is 332 g/mol. The summed E-state index contributed by atoms with van der Waals surface area (Å²) in [7, 11) is 1.69. The molecule has 5 rings (SSSR count). The molecule has 0 aliphatic carbocycles. The first kappa shape index (κ1) is 14.6. The molecule has 126 valence electrons. The fraction of sp³-hybridized carbons (Fsp3) is 0.273. The van der Waals surface area contributed by atoms with Crippen LogP contribution in [0.25, 0.3) is 10.8 Å². The van der Waals surface area contributed by atoms with E-state index in [1.165, 1.54) is 16.3 Å². The highest BCUT2D eigenvalue weighted by atomic mass is 16.5. The summed E-state index contributed by atoms with van der Waals surface area (Å²) in [5, 5.41) is 2.48. The Labute approximate surface area is 147 Å². The van der Waals surface area contributed by atoms with E-state index in [1.54, 1.807) is 7.11 Å². The van der Waals surface area contributed by atoms with E-state index in [1.807, 2.05) is 18.2 Å². The molecule has 0 spiro atoms. The lowest BCUT2D eigenvalue weighted by molar-refractivity contribution is 0.0131. The summed E-state index contributed by atoms with van der Waals surface area (Å²) in [6, 6.07) is 18.7. The van der Waals surface area contributed by atoms with Crippen LogP contribution in [-0.2, 0) is 0 Å². The highest BCUT2D eigenvalue weighted by Gasteiger charge is 2.51. The van der Waals surface area contributed by atoms with Crippen LogP contribution in [0.15, 0.2) is 54.6 Å². The van der Waals surface area contributed by atoms with Gasteiger partial charge in [-0.15, -0.1) is 0 Å². The van der Waals surface area contributed by atoms with Crippen molar-refractivity contribution < 1.29 is 14.2 Å². The average molecular weight is 332 g/mol. The predicted molar refractivity (Wildman–Crippen MR) is 97.8 cm³/mol. The van der Waals surface area contributed by atoms with Crippen molar-refractivity contribution in [1.82, 2.24) is 0 Å². The minimum absolute atomic E-state index is 0.0605. The number of hydrogen-bond donors (Lipinski definition) is 0. The zero-order valence-corrected chi connectivity index (χ0v) is 14.6. The standard InChI is InChI=1S/C22H20O3/c1-22(2)20-19-15-7-5-4-6-13(15)8-10-18(19)24-21(20)16-12-14(23-3)9-11-17(16)25-22/h4-12,20-21H,1-3H3/t20-,21-/m1/s1. The molecule has 0 unspecified atom stereocenters. The topological polar surface area (TPSA) is 27.7 Å². The number of methoxy groups -OCH3 is 1. The third-order valence-corrected chi connectivity index (χ3v) is 5.44. The number of fused-ring (bicyclic) bond motifs is 7. The van der Waals surface area contributed by atoms with Crippen LogP contribution >= 0.6 is 0 Å². The highest BCUT2D eigenvalue weighted by Crippen LogP contribution is 2.58. The molecular weight excluding hydrogens is 312 g/mol. The van der Waals surface area contributed by atoms with Crippen LogP contribution < -0.4 is 14.2 Å². The van der Waals surface area contributed by atoms with Crippen molar-refractivity contribution in [2.75, 3.05) is 7.11 Å². The molecule has 2 aliphatic rings. The van der Waals surface area contributed by atoms with Gasteiger partial charge in [0.2, 0.25) is 0 Å². The molecule has 2 aliphatic heterocycles. The lowest BCUT2D eigenvalue weighted by Crippen LogP contribution is -2.42. The highest BCUT2D eigenvalue weighted by molar-refractivity contribution is 5.89. The first-order valence-electron chi connectivity index (χ1n) is 8.64. The van der Waals surface area contributed by atoms with Gasteiger partial charge in [-0.3, -0.25) is 0 Å². The summed E-state index contributed by atoms with van der Waals surface area (Å²) in [6.45, 7) is 4.30. The molecular formula is C22H20O3. The van der Waals surface area contributed by atoms with Gasteiger partial charge in [0, 0.05) is 11.1 Å². The second-order valence-corrected chi connectivity index (χ2v) is 7.32. The number of ether oxygens (including phenoxy) is 3. The molecule has 0 N–H and O–H groups in total. The van der Waals surface area contributed by atoms with E-state index in [2.05, 4.69) is 50.2 Å². The van der Waals surface area contributed by atoms with Gasteiger partial charge in [-0.1, -0.05) is 30.3 Å². The molecule has 3 aromatic rings. The molecule has 2 atom stereocenters. The molecule has 3 aromatic carbocycles. The van der Waals surface area contributed by atoms with Crippen LogP contribution in [0.4, 0.5) is 0 Å². The first-order chi connectivity index (χ1) is 12.1. The molecule has 0 saturated carbocycles. The number of benzene rings is 3. The largest absolute Gasteiger partial charge is 0.497 e. The van der Waals surface area contributed by atoms with Gasteiger partial charge in [-0.2, -0.15) is 0 Å². The summed E-state index contributed by atoms with van der Waals surface area (Å²) in [5.74, 6) is 2.80. The van der Waals surface area contributed by atoms with Crippen LogP contribution in [0.2, 0.25) is 0 Å². The normalized spacial score (nSPS) is 22.4. The Morgan fingerprint density at radius 2 is 1.76 bits per heavy atom. The third kappa shape index (κ3) is 1.98. The molecule has 0 aromatic heterocycles. The van der Waals surface area contributed by atoms with Crippen molar-refractivity contribution in [3.63, 3.8) is 0 Å². The van der Waals surface area contributed by atoms with Crippen LogP contribution in [-0.4, -0.2) is 12.7 Å². The third-order valence-electron chi connectivity index (χ3n) is 5.44. The molecule has 2 heterocycles. The molecule has 3 nitrogen and oxygen atoms in total. The van der Waals surface area contributed by atoms with E-state index >= 15 is 0 Å².